The number of hydrogen-bond donors (Lipinski definition) is 3. The average Bonchev–Trinajstić information content (AvgIpc) is 2.00. The molecule has 0 aliphatic carbocycles. The van der Waals surface area contributed by atoms with E-state index in [0.29, 0.717) is 6.54 Å². The largest absolute Gasteiger partial charge is 0.392 e. The predicted molar refractivity (Wildman–Crippen MR) is 50.1 cm³/mol. The van der Waals surface area contributed by atoms with E-state index in [9.17, 15) is 5.11 Å². The molecule has 3 N–H and O–H groups in total. The lowest BCUT2D eigenvalue weighted by molar-refractivity contribution is 0.123. The van der Waals surface area contributed by atoms with Crippen LogP contribution in [0.3, 0.4) is 0 Å². The zero-order valence-electron chi connectivity index (χ0n) is 8.25. The lowest BCUT2D eigenvalue weighted by atomic mass is 10.1. The minimum absolute atomic E-state index is 0.0523. The number of aliphatic hydroxyl groups is 2. The van der Waals surface area contributed by atoms with Crippen LogP contribution in [0.1, 0.15) is 33.6 Å². The molecule has 0 aliphatic rings. The maximum absolute atomic E-state index is 9.34. The van der Waals surface area contributed by atoms with Gasteiger partial charge in [0.15, 0.2) is 0 Å². The van der Waals surface area contributed by atoms with Crippen LogP contribution in [0.5, 0.6) is 0 Å². The third-order valence-electron chi connectivity index (χ3n) is 2.02. The molecule has 3 nitrogen and oxygen atoms in total. The summed E-state index contributed by atoms with van der Waals surface area (Å²) in [5, 5.41) is 21.5. The SMILES string of the molecule is CCCC(O)CNC(C)C(C)O. The second-order valence-corrected chi connectivity index (χ2v) is 3.38. The molecule has 0 aromatic rings. The van der Waals surface area contributed by atoms with E-state index < -0.39 is 0 Å². The van der Waals surface area contributed by atoms with Crippen molar-refractivity contribution in [2.45, 2.75) is 51.9 Å². The van der Waals surface area contributed by atoms with Gasteiger partial charge in [0.2, 0.25) is 0 Å². The van der Waals surface area contributed by atoms with Crippen LogP contribution in [0.2, 0.25) is 0 Å². The minimum Gasteiger partial charge on any atom is -0.392 e. The van der Waals surface area contributed by atoms with E-state index in [4.69, 9.17) is 5.11 Å². The van der Waals surface area contributed by atoms with Crippen LogP contribution in [0.15, 0.2) is 0 Å². The molecule has 0 saturated heterocycles. The Kier molecular flexibility index (Phi) is 6.34. The smallest absolute Gasteiger partial charge is 0.0664 e. The van der Waals surface area contributed by atoms with Crippen molar-refractivity contribution in [3.05, 3.63) is 0 Å². The van der Waals surface area contributed by atoms with Gasteiger partial charge in [-0.15, -0.1) is 0 Å². The quantitative estimate of drug-likeness (QED) is 0.551. The number of rotatable bonds is 6. The predicted octanol–water partition coefficient (Wildman–Crippen LogP) is 0.506. The summed E-state index contributed by atoms with van der Waals surface area (Å²) < 4.78 is 0. The summed E-state index contributed by atoms with van der Waals surface area (Å²) in [7, 11) is 0. The Morgan fingerprint density at radius 2 is 1.83 bits per heavy atom. The van der Waals surface area contributed by atoms with E-state index in [1.54, 1.807) is 6.92 Å². The van der Waals surface area contributed by atoms with E-state index in [1.165, 1.54) is 0 Å². The third-order valence-corrected chi connectivity index (χ3v) is 2.02. The summed E-state index contributed by atoms with van der Waals surface area (Å²) in [5.41, 5.74) is 0. The molecule has 0 aromatic heterocycles. The molecule has 3 atom stereocenters. The van der Waals surface area contributed by atoms with Crippen molar-refractivity contribution in [2.24, 2.45) is 0 Å². The van der Waals surface area contributed by atoms with Crippen LogP contribution >= 0.6 is 0 Å². The third kappa shape index (κ3) is 5.52. The molecular weight excluding hydrogens is 154 g/mol. The topological polar surface area (TPSA) is 52.5 Å². The molecule has 0 amide bonds. The van der Waals surface area contributed by atoms with Gasteiger partial charge < -0.3 is 15.5 Å². The maximum atomic E-state index is 9.34. The van der Waals surface area contributed by atoms with Crippen LogP contribution in [-0.4, -0.2) is 35.0 Å². The molecule has 0 saturated carbocycles. The van der Waals surface area contributed by atoms with Gasteiger partial charge in [0.05, 0.1) is 12.2 Å². The van der Waals surface area contributed by atoms with Crippen molar-refractivity contribution in [3.63, 3.8) is 0 Å². The average molecular weight is 175 g/mol. The molecule has 3 unspecified atom stereocenters. The first kappa shape index (κ1) is 11.9. The Hall–Kier alpha value is -0.120. The second-order valence-electron chi connectivity index (χ2n) is 3.38. The van der Waals surface area contributed by atoms with Crippen LogP contribution < -0.4 is 5.32 Å². The van der Waals surface area contributed by atoms with Crippen molar-refractivity contribution in [1.82, 2.24) is 5.32 Å². The van der Waals surface area contributed by atoms with Crippen molar-refractivity contribution < 1.29 is 10.2 Å². The summed E-state index contributed by atoms with van der Waals surface area (Å²) in [6, 6.07) is 0.0523. The van der Waals surface area contributed by atoms with Gasteiger partial charge in [-0.1, -0.05) is 13.3 Å². The standard InChI is InChI=1S/C9H21NO2/c1-4-5-9(12)6-10-7(2)8(3)11/h7-12H,4-6H2,1-3H3. The van der Waals surface area contributed by atoms with Crippen molar-refractivity contribution in [2.75, 3.05) is 6.54 Å². The summed E-state index contributed by atoms with van der Waals surface area (Å²) >= 11 is 0. The first-order valence-corrected chi connectivity index (χ1v) is 4.67. The Morgan fingerprint density at radius 3 is 2.25 bits per heavy atom. The van der Waals surface area contributed by atoms with Crippen molar-refractivity contribution >= 4 is 0 Å². The first-order chi connectivity index (χ1) is 5.57. The molecule has 3 heteroatoms. The molecule has 0 fully saturated rings. The molecule has 0 spiro atoms. The van der Waals surface area contributed by atoms with Gasteiger partial charge >= 0.3 is 0 Å². The second kappa shape index (κ2) is 6.40. The zero-order chi connectivity index (χ0) is 9.56. The number of aliphatic hydroxyl groups excluding tert-OH is 2. The molecular formula is C9H21NO2. The van der Waals surface area contributed by atoms with Gasteiger partial charge in [0.25, 0.3) is 0 Å². The lowest BCUT2D eigenvalue weighted by Gasteiger charge is -2.18. The summed E-state index contributed by atoms with van der Waals surface area (Å²) in [5.74, 6) is 0. The van der Waals surface area contributed by atoms with Crippen LogP contribution in [0.4, 0.5) is 0 Å². The molecule has 0 aliphatic heterocycles. The fourth-order valence-corrected chi connectivity index (χ4v) is 0.928. The highest BCUT2D eigenvalue weighted by molar-refractivity contribution is 4.68. The van der Waals surface area contributed by atoms with E-state index in [2.05, 4.69) is 5.32 Å². The zero-order valence-corrected chi connectivity index (χ0v) is 8.25. The molecule has 0 bridgehead atoms. The highest BCUT2D eigenvalue weighted by atomic mass is 16.3. The van der Waals surface area contributed by atoms with Crippen molar-refractivity contribution in [3.8, 4) is 0 Å². The van der Waals surface area contributed by atoms with Crippen LogP contribution in [0, 0.1) is 0 Å². The monoisotopic (exact) mass is 175 g/mol. The fraction of sp³-hybridized carbons (Fsp3) is 1.00. The van der Waals surface area contributed by atoms with Gasteiger partial charge in [-0.05, 0) is 20.3 Å². The van der Waals surface area contributed by atoms with Gasteiger partial charge in [-0.25, -0.2) is 0 Å². The molecule has 0 rings (SSSR count). The molecule has 0 radical (unpaired) electrons. The Labute approximate surface area is 74.8 Å². The summed E-state index contributed by atoms with van der Waals surface area (Å²) in [6.07, 6.45) is 1.17. The normalized spacial score (nSPS) is 18.8. The van der Waals surface area contributed by atoms with Crippen LogP contribution in [0.25, 0.3) is 0 Å². The summed E-state index contributed by atoms with van der Waals surface area (Å²) in [6.45, 7) is 6.26. The van der Waals surface area contributed by atoms with Gasteiger partial charge in [0.1, 0.15) is 0 Å². The van der Waals surface area contributed by atoms with Crippen LogP contribution in [-0.2, 0) is 0 Å². The number of nitrogens with one attached hydrogen (secondary N) is 1. The van der Waals surface area contributed by atoms with Gasteiger partial charge in [0, 0.05) is 12.6 Å². The fourth-order valence-electron chi connectivity index (χ4n) is 0.928. The van der Waals surface area contributed by atoms with E-state index >= 15 is 0 Å². The van der Waals surface area contributed by atoms with E-state index in [1.807, 2.05) is 13.8 Å². The van der Waals surface area contributed by atoms with Gasteiger partial charge in [-0.2, -0.15) is 0 Å². The summed E-state index contributed by atoms with van der Waals surface area (Å²) in [4.78, 5) is 0. The Balaban J connectivity index is 3.40. The Morgan fingerprint density at radius 1 is 1.25 bits per heavy atom. The Bertz CT molecular complexity index is 107. The highest BCUT2D eigenvalue weighted by Gasteiger charge is 2.09. The highest BCUT2D eigenvalue weighted by Crippen LogP contribution is 1.96. The van der Waals surface area contributed by atoms with Gasteiger partial charge in [-0.3, -0.25) is 0 Å². The first-order valence-electron chi connectivity index (χ1n) is 4.67. The van der Waals surface area contributed by atoms with Crippen molar-refractivity contribution in [1.29, 1.82) is 0 Å². The van der Waals surface area contributed by atoms with E-state index in [-0.39, 0.29) is 18.2 Å². The molecule has 74 valence electrons. The lowest BCUT2D eigenvalue weighted by Crippen LogP contribution is -2.39. The minimum atomic E-state index is -0.362. The molecule has 12 heavy (non-hydrogen) atoms. The number of hydrogen-bond acceptors (Lipinski definition) is 3. The molecule has 0 heterocycles. The maximum Gasteiger partial charge on any atom is 0.0664 e. The molecule has 0 aromatic carbocycles. The van der Waals surface area contributed by atoms with E-state index in [0.717, 1.165) is 12.8 Å².